The summed E-state index contributed by atoms with van der Waals surface area (Å²) in [5.74, 6) is 0.571. The Bertz CT molecular complexity index is 809. The van der Waals surface area contributed by atoms with Gasteiger partial charge in [0, 0.05) is 30.6 Å². The molecule has 3 aromatic rings. The number of benzene rings is 2. The quantitative estimate of drug-likeness (QED) is 0.713. The summed E-state index contributed by atoms with van der Waals surface area (Å²) in [5.41, 5.74) is 3.72. The van der Waals surface area contributed by atoms with E-state index in [1.807, 2.05) is 29.1 Å². The van der Waals surface area contributed by atoms with Gasteiger partial charge in [0.1, 0.15) is 0 Å². The van der Waals surface area contributed by atoms with E-state index in [0.29, 0.717) is 5.92 Å². The molecule has 0 bridgehead atoms. The molecule has 122 valence electrons. The van der Waals surface area contributed by atoms with Gasteiger partial charge in [-0.25, -0.2) is 4.68 Å². The van der Waals surface area contributed by atoms with Gasteiger partial charge in [0.05, 0.1) is 18.4 Å². The van der Waals surface area contributed by atoms with Crippen LogP contribution < -0.4 is 0 Å². The van der Waals surface area contributed by atoms with Crippen molar-refractivity contribution < 1.29 is 0 Å². The van der Waals surface area contributed by atoms with E-state index in [0.717, 1.165) is 36.9 Å². The molecule has 1 saturated heterocycles. The first kappa shape index (κ1) is 15.4. The minimum absolute atomic E-state index is 0.571. The van der Waals surface area contributed by atoms with E-state index >= 15 is 0 Å². The molecule has 4 rings (SSSR count). The molecule has 0 atom stereocenters. The topological polar surface area (TPSA) is 34.0 Å². The zero-order valence-electron chi connectivity index (χ0n) is 13.3. The first-order valence-corrected chi connectivity index (χ1v) is 8.55. The fourth-order valence-corrected chi connectivity index (χ4v) is 3.39. The van der Waals surface area contributed by atoms with Crippen LogP contribution in [0.3, 0.4) is 0 Å². The second-order valence-electron chi connectivity index (χ2n) is 6.31. The summed E-state index contributed by atoms with van der Waals surface area (Å²) >= 11 is 6.09. The lowest BCUT2D eigenvalue weighted by Crippen LogP contribution is -2.44. The van der Waals surface area contributed by atoms with Gasteiger partial charge in [-0.2, -0.15) is 0 Å². The number of nitrogens with zero attached hydrogens (tertiary/aromatic N) is 4. The molecule has 1 aliphatic heterocycles. The molecular formula is C19H19ClN4. The minimum atomic E-state index is 0.571. The van der Waals surface area contributed by atoms with Crippen LogP contribution in [0, 0.1) is 0 Å². The van der Waals surface area contributed by atoms with E-state index < -0.39 is 0 Å². The van der Waals surface area contributed by atoms with Crippen LogP contribution in [-0.4, -0.2) is 33.0 Å². The third-order valence-corrected chi connectivity index (χ3v) is 4.77. The second kappa shape index (κ2) is 6.75. The van der Waals surface area contributed by atoms with Crippen molar-refractivity contribution in [3.05, 3.63) is 82.6 Å². The van der Waals surface area contributed by atoms with E-state index in [-0.39, 0.29) is 0 Å². The normalized spacial score (nSPS) is 15.4. The molecule has 1 fully saturated rings. The highest BCUT2D eigenvalue weighted by Gasteiger charge is 2.28. The van der Waals surface area contributed by atoms with Gasteiger partial charge < -0.3 is 0 Å². The van der Waals surface area contributed by atoms with Crippen LogP contribution >= 0.6 is 11.6 Å². The van der Waals surface area contributed by atoms with Gasteiger partial charge in [0.2, 0.25) is 0 Å². The van der Waals surface area contributed by atoms with Gasteiger partial charge >= 0.3 is 0 Å². The maximum atomic E-state index is 6.09. The third-order valence-electron chi connectivity index (χ3n) is 4.54. The van der Waals surface area contributed by atoms with Crippen LogP contribution in [0.25, 0.3) is 0 Å². The minimum Gasteiger partial charge on any atom is -0.296 e. The van der Waals surface area contributed by atoms with Gasteiger partial charge in [-0.3, -0.25) is 4.90 Å². The smallest absolute Gasteiger partial charge is 0.0738 e. The van der Waals surface area contributed by atoms with Crippen molar-refractivity contribution >= 4 is 11.6 Å². The first-order valence-electron chi connectivity index (χ1n) is 8.17. The van der Waals surface area contributed by atoms with Crippen molar-refractivity contribution in [1.29, 1.82) is 0 Å². The Morgan fingerprint density at radius 1 is 1.00 bits per heavy atom. The van der Waals surface area contributed by atoms with Crippen LogP contribution in [0.1, 0.15) is 22.7 Å². The Morgan fingerprint density at radius 2 is 1.83 bits per heavy atom. The van der Waals surface area contributed by atoms with Gasteiger partial charge in [0.15, 0.2) is 0 Å². The molecule has 0 radical (unpaired) electrons. The zero-order valence-corrected chi connectivity index (χ0v) is 14.1. The summed E-state index contributed by atoms with van der Waals surface area (Å²) in [7, 11) is 0. The van der Waals surface area contributed by atoms with Crippen LogP contribution in [0.15, 0.2) is 60.8 Å². The van der Waals surface area contributed by atoms with Crippen molar-refractivity contribution in [3.63, 3.8) is 0 Å². The van der Waals surface area contributed by atoms with Crippen molar-refractivity contribution in [2.24, 2.45) is 0 Å². The molecule has 4 nitrogen and oxygen atoms in total. The highest BCUT2D eigenvalue weighted by molar-refractivity contribution is 6.30. The van der Waals surface area contributed by atoms with Crippen LogP contribution in [0.2, 0.25) is 5.02 Å². The highest BCUT2D eigenvalue weighted by atomic mass is 35.5. The molecular weight excluding hydrogens is 320 g/mol. The molecule has 0 aliphatic carbocycles. The summed E-state index contributed by atoms with van der Waals surface area (Å²) in [5, 5.41) is 9.14. The Labute approximate surface area is 146 Å². The average Bonchev–Trinajstić information content (AvgIpc) is 2.98. The van der Waals surface area contributed by atoms with E-state index in [4.69, 9.17) is 11.6 Å². The molecule has 2 heterocycles. The van der Waals surface area contributed by atoms with E-state index in [9.17, 15) is 0 Å². The number of likely N-dealkylation sites (tertiary alicyclic amines) is 1. The summed E-state index contributed by atoms with van der Waals surface area (Å²) in [6.45, 7) is 3.76. The average molecular weight is 339 g/mol. The molecule has 1 aliphatic rings. The molecule has 1 aromatic heterocycles. The molecule has 0 N–H and O–H groups in total. The molecule has 24 heavy (non-hydrogen) atoms. The third kappa shape index (κ3) is 3.35. The predicted molar refractivity (Wildman–Crippen MR) is 95.0 cm³/mol. The maximum Gasteiger partial charge on any atom is 0.0738 e. The molecule has 2 aromatic carbocycles. The van der Waals surface area contributed by atoms with Gasteiger partial charge in [-0.15, -0.1) is 5.10 Å². The number of aromatic nitrogens is 3. The molecule has 0 unspecified atom stereocenters. The Morgan fingerprint density at radius 3 is 2.62 bits per heavy atom. The van der Waals surface area contributed by atoms with Crippen molar-refractivity contribution in [3.8, 4) is 0 Å². The van der Waals surface area contributed by atoms with Crippen LogP contribution in [-0.2, 0) is 13.1 Å². The SMILES string of the molecule is Clc1cccc(C2CN(Cc3cnnn3Cc3ccccc3)C2)c1. The summed E-state index contributed by atoms with van der Waals surface area (Å²) < 4.78 is 1.99. The van der Waals surface area contributed by atoms with Crippen molar-refractivity contribution in [2.75, 3.05) is 13.1 Å². The lowest BCUT2D eigenvalue weighted by atomic mass is 9.91. The lowest BCUT2D eigenvalue weighted by molar-refractivity contribution is 0.135. The summed E-state index contributed by atoms with van der Waals surface area (Å²) in [4.78, 5) is 2.42. The molecule has 0 spiro atoms. The van der Waals surface area contributed by atoms with Crippen molar-refractivity contribution in [2.45, 2.75) is 19.0 Å². The van der Waals surface area contributed by atoms with E-state index in [1.165, 1.54) is 11.1 Å². The largest absolute Gasteiger partial charge is 0.296 e. The predicted octanol–water partition coefficient (Wildman–Crippen LogP) is 3.58. The summed E-state index contributed by atoms with van der Waals surface area (Å²) in [6.07, 6.45) is 1.87. The van der Waals surface area contributed by atoms with Gasteiger partial charge in [-0.05, 0) is 23.3 Å². The Balaban J connectivity index is 1.37. The Hall–Kier alpha value is -2.17. The molecule has 0 saturated carbocycles. The number of rotatable bonds is 5. The number of hydrogen-bond donors (Lipinski definition) is 0. The number of hydrogen-bond acceptors (Lipinski definition) is 3. The van der Waals surface area contributed by atoms with Crippen molar-refractivity contribution in [1.82, 2.24) is 19.9 Å². The standard InChI is InChI=1S/C19H19ClN4/c20-18-8-4-7-16(9-18)17-12-23(13-17)14-19-10-21-22-24(19)11-15-5-2-1-3-6-15/h1-10,17H,11-14H2. The fourth-order valence-electron chi connectivity index (χ4n) is 3.19. The first-order chi connectivity index (χ1) is 11.8. The fraction of sp³-hybridized carbons (Fsp3) is 0.263. The Kier molecular flexibility index (Phi) is 4.32. The van der Waals surface area contributed by atoms with Gasteiger partial charge in [-0.1, -0.05) is 59.3 Å². The van der Waals surface area contributed by atoms with E-state index in [2.05, 4.69) is 51.6 Å². The zero-order chi connectivity index (χ0) is 16.4. The highest BCUT2D eigenvalue weighted by Crippen LogP contribution is 2.29. The molecule has 5 heteroatoms. The van der Waals surface area contributed by atoms with Crippen LogP contribution in [0.5, 0.6) is 0 Å². The maximum absolute atomic E-state index is 6.09. The molecule has 0 amide bonds. The number of halogens is 1. The van der Waals surface area contributed by atoms with E-state index in [1.54, 1.807) is 0 Å². The monoisotopic (exact) mass is 338 g/mol. The van der Waals surface area contributed by atoms with Crippen LogP contribution in [0.4, 0.5) is 0 Å². The van der Waals surface area contributed by atoms with Gasteiger partial charge in [0.25, 0.3) is 0 Å². The second-order valence-corrected chi connectivity index (χ2v) is 6.75. The lowest BCUT2D eigenvalue weighted by Gasteiger charge is -2.39. The summed E-state index contributed by atoms with van der Waals surface area (Å²) in [6, 6.07) is 18.6.